The van der Waals surface area contributed by atoms with Crippen molar-refractivity contribution in [3.8, 4) is 0 Å². The summed E-state index contributed by atoms with van der Waals surface area (Å²) in [4.78, 5) is 11.3. The third-order valence-corrected chi connectivity index (χ3v) is 1.52. The van der Waals surface area contributed by atoms with Crippen molar-refractivity contribution < 1.29 is 14.3 Å². The van der Waals surface area contributed by atoms with Crippen LogP contribution in [0.2, 0.25) is 0 Å². The Hall–Kier alpha value is -1.39. The van der Waals surface area contributed by atoms with Gasteiger partial charge in [0.1, 0.15) is 0 Å². The minimum absolute atomic E-state index is 0.0573. The lowest BCUT2D eigenvalue weighted by Crippen LogP contribution is -2.32. The average Bonchev–Trinajstić information content (AvgIpc) is 2.04. The molecule has 0 aromatic heterocycles. The predicted octanol–water partition coefficient (Wildman–Crippen LogP) is 1.22. The quantitative estimate of drug-likeness (QED) is 0.397. The molecular formula is C9H16N2O3. The molecule has 5 nitrogen and oxygen atoms in total. The van der Waals surface area contributed by atoms with E-state index in [0.29, 0.717) is 6.61 Å². The van der Waals surface area contributed by atoms with Gasteiger partial charge in [0.15, 0.2) is 5.92 Å². The maximum atomic E-state index is 11.3. The van der Waals surface area contributed by atoms with E-state index >= 15 is 0 Å². The molecule has 0 aliphatic carbocycles. The predicted molar refractivity (Wildman–Crippen MR) is 52.9 cm³/mol. The van der Waals surface area contributed by atoms with Crippen LogP contribution < -0.4 is 0 Å². The fourth-order valence-electron chi connectivity index (χ4n) is 0.945. The molecule has 2 N–H and O–H groups in total. The second kappa shape index (κ2) is 6.12. The Kier molecular flexibility index (Phi) is 5.52. The molecular weight excluding hydrogens is 184 g/mol. The summed E-state index contributed by atoms with van der Waals surface area (Å²) in [5.41, 5.74) is 0.0573. The summed E-state index contributed by atoms with van der Waals surface area (Å²) in [6.45, 7) is 5.40. The standard InChI is InChI=1S/C9H16N2O3/c1-4-13-8(11)7(6(3)10)9(12)14-5-2/h7,10-11H,4-5H2,1-3H3. The highest BCUT2D eigenvalue weighted by Gasteiger charge is 2.28. The molecule has 0 aromatic carbocycles. The SMILES string of the molecule is CCOC(=N)C(C(C)=N)C(=O)OCC. The largest absolute Gasteiger partial charge is 0.481 e. The van der Waals surface area contributed by atoms with Crippen LogP contribution in [-0.4, -0.2) is 30.8 Å². The highest BCUT2D eigenvalue weighted by molar-refractivity contribution is 6.15. The molecule has 0 aliphatic heterocycles. The molecule has 1 unspecified atom stereocenters. The van der Waals surface area contributed by atoms with Gasteiger partial charge in [-0.05, 0) is 20.8 Å². The Morgan fingerprint density at radius 3 is 2.07 bits per heavy atom. The summed E-state index contributed by atoms with van der Waals surface area (Å²) < 4.78 is 9.61. The van der Waals surface area contributed by atoms with E-state index in [1.54, 1.807) is 13.8 Å². The Morgan fingerprint density at radius 2 is 1.71 bits per heavy atom. The second-order valence-corrected chi connectivity index (χ2v) is 2.67. The van der Waals surface area contributed by atoms with Crippen LogP contribution >= 0.6 is 0 Å². The van der Waals surface area contributed by atoms with Crippen LogP contribution in [0, 0.1) is 16.7 Å². The zero-order valence-electron chi connectivity index (χ0n) is 8.72. The van der Waals surface area contributed by atoms with Gasteiger partial charge in [-0.25, -0.2) is 0 Å². The number of carbonyl (C=O) groups is 1. The molecule has 1 atom stereocenters. The van der Waals surface area contributed by atoms with Crippen LogP contribution in [-0.2, 0) is 14.3 Å². The van der Waals surface area contributed by atoms with Crippen LogP contribution in [0.15, 0.2) is 0 Å². The molecule has 80 valence electrons. The summed E-state index contributed by atoms with van der Waals surface area (Å²) in [5, 5.41) is 14.8. The van der Waals surface area contributed by atoms with Gasteiger partial charge in [0.2, 0.25) is 5.90 Å². The lowest BCUT2D eigenvalue weighted by Gasteiger charge is -2.15. The van der Waals surface area contributed by atoms with E-state index in [1.165, 1.54) is 6.92 Å². The smallest absolute Gasteiger partial charge is 0.324 e. The topological polar surface area (TPSA) is 83.2 Å². The first-order chi connectivity index (χ1) is 6.54. The fourth-order valence-corrected chi connectivity index (χ4v) is 0.945. The van der Waals surface area contributed by atoms with Crippen molar-refractivity contribution in [3.63, 3.8) is 0 Å². The Labute approximate surface area is 83.4 Å². The van der Waals surface area contributed by atoms with Crippen molar-refractivity contribution in [2.45, 2.75) is 20.8 Å². The lowest BCUT2D eigenvalue weighted by molar-refractivity contribution is -0.144. The number of nitrogens with one attached hydrogen (secondary N) is 2. The lowest BCUT2D eigenvalue weighted by atomic mass is 10.1. The van der Waals surface area contributed by atoms with Gasteiger partial charge in [-0.2, -0.15) is 0 Å². The van der Waals surface area contributed by atoms with E-state index in [0.717, 1.165) is 0 Å². The van der Waals surface area contributed by atoms with Crippen LogP contribution in [0.3, 0.4) is 0 Å². The molecule has 14 heavy (non-hydrogen) atoms. The maximum Gasteiger partial charge on any atom is 0.324 e. The fraction of sp³-hybridized carbons (Fsp3) is 0.667. The Balaban J connectivity index is 4.51. The zero-order chi connectivity index (χ0) is 11.1. The molecule has 5 heteroatoms. The number of esters is 1. The van der Waals surface area contributed by atoms with E-state index in [-0.39, 0.29) is 18.2 Å². The Bertz CT molecular complexity index is 220. The summed E-state index contributed by atoms with van der Waals surface area (Å²) in [7, 11) is 0. The van der Waals surface area contributed by atoms with Crippen molar-refractivity contribution in [3.05, 3.63) is 0 Å². The van der Waals surface area contributed by atoms with Gasteiger partial charge < -0.3 is 14.9 Å². The summed E-state index contributed by atoms with van der Waals surface area (Å²) in [5.74, 6) is -1.81. The van der Waals surface area contributed by atoms with Crippen LogP contribution in [0.25, 0.3) is 0 Å². The van der Waals surface area contributed by atoms with Crippen molar-refractivity contribution in [2.24, 2.45) is 5.92 Å². The Morgan fingerprint density at radius 1 is 1.21 bits per heavy atom. The molecule has 0 bridgehead atoms. The monoisotopic (exact) mass is 200 g/mol. The van der Waals surface area contributed by atoms with Crippen molar-refractivity contribution in [2.75, 3.05) is 13.2 Å². The maximum absolute atomic E-state index is 11.3. The van der Waals surface area contributed by atoms with Crippen molar-refractivity contribution in [1.29, 1.82) is 10.8 Å². The average molecular weight is 200 g/mol. The molecule has 0 fully saturated rings. The van der Waals surface area contributed by atoms with Gasteiger partial charge in [-0.15, -0.1) is 0 Å². The highest BCUT2D eigenvalue weighted by atomic mass is 16.5. The minimum Gasteiger partial charge on any atom is -0.481 e. The number of carbonyl (C=O) groups excluding carboxylic acids is 1. The van der Waals surface area contributed by atoms with Gasteiger partial charge in [-0.1, -0.05) is 0 Å². The molecule has 0 aromatic rings. The first kappa shape index (κ1) is 12.6. The van der Waals surface area contributed by atoms with E-state index < -0.39 is 11.9 Å². The highest BCUT2D eigenvalue weighted by Crippen LogP contribution is 2.05. The summed E-state index contributed by atoms with van der Waals surface area (Å²) >= 11 is 0. The van der Waals surface area contributed by atoms with Gasteiger partial charge in [0.05, 0.1) is 13.2 Å². The molecule has 0 heterocycles. The minimum atomic E-state index is -0.991. The molecule has 0 spiro atoms. The normalized spacial score (nSPS) is 11.6. The number of rotatable bonds is 5. The van der Waals surface area contributed by atoms with Gasteiger partial charge in [0, 0.05) is 5.71 Å². The molecule has 0 saturated carbocycles. The zero-order valence-corrected chi connectivity index (χ0v) is 8.72. The van der Waals surface area contributed by atoms with Crippen molar-refractivity contribution >= 4 is 17.6 Å². The van der Waals surface area contributed by atoms with Crippen LogP contribution in [0.1, 0.15) is 20.8 Å². The third-order valence-electron chi connectivity index (χ3n) is 1.52. The second-order valence-electron chi connectivity index (χ2n) is 2.67. The van der Waals surface area contributed by atoms with Gasteiger partial charge in [0.25, 0.3) is 0 Å². The van der Waals surface area contributed by atoms with Crippen LogP contribution in [0.5, 0.6) is 0 Å². The van der Waals surface area contributed by atoms with Gasteiger partial charge in [-0.3, -0.25) is 10.2 Å². The first-order valence-electron chi connectivity index (χ1n) is 4.47. The number of ether oxygens (including phenoxy) is 2. The summed E-state index contributed by atoms with van der Waals surface area (Å²) in [6, 6.07) is 0. The third kappa shape index (κ3) is 3.55. The van der Waals surface area contributed by atoms with E-state index in [2.05, 4.69) is 0 Å². The van der Waals surface area contributed by atoms with Crippen LogP contribution in [0.4, 0.5) is 0 Å². The molecule has 0 radical (unpaired) electrons. The summed E-state index contributed by atoms with van der Waals surface area (Å²) in [6.07, 6.45) is 0. The van der Waals surface area contributed by atoms with Crippen molar-refractivity contribution in [1.82, 2.24) is 0 Å². The first-order valence-corrected chi connectivity index (χ1v) is 4.47. The number of hydrogen-bond donors (Lipinski definition) is 2. The number of hydrogen-bond acceptors (Lipinski definition) is 5. The molecule has 0 rings (SSSR count). The van der Waals surface area contributed by atoms with Gasteiger partial charge >= 0.3 is 5.97 Å². The molecule has 0 amide bonds. The van der Waals surface area contributed by atoms with E-state index in [1.807, 2.05) is 0 Å². The molecule has 0 saturated heterocycles. The molecule has 0 aliphatic rings. The van der Waals surface area contributed by atoms with E-state index in [9.17, 15) is 4.79 Å². The van der Waals surface area contributed by atoms with E-state index in [4.69, 9.17) is 20.3 Å².